The topological polar surface area (TPSA) is 162 Å². The SMILES string of the molecule is O=c1oc(/C=C/c2ccc(O)cc2)cc(O)c1Cc1c(O)cc(/C=C/c2ccc(O)c(O)c2)oc1=O. The predicted octanol–water partition coefficient (Wildman–Crippen LogP) is 4.05. The molecule has 0 unspecified atom stereocenters. The van der Waals surface area contributed by atoms with E-state index >= 15 is 0 Å². The Balaban J connectivity index is 1.55. The highest BCUT2D eigenvalue weighted by Crippen LogP contribution is 2.27. The van der Waals surface area contributed by atoms with Crippen LogP contribution in [-0.2, 0) is 6.42 Å². The molecule has 0 saturated carbocycles. The van der Waals surface area contributed by atoms with Crippen LogP contribution in [0.15, 0.2) is 73.0 Å². The van der Waals surface area contributed by atoms with Gasteiger partial charge in [-0.05, 0) is 47.5 Å². The van der Waals surface area contributed by atoms with Gasteiger partial charge in [-0.2, -0.15) is 0 Å². The highest BCUT2D eigenvalue weighted by atomic mass is 16.4. The maximum atomic E-state index is 12.5. The van der Waals surface area contributed by atoms with Crippen molar-refractivity contribution in [3.8, 4) is 28.7 Å². The Morgan fingerprint density at radius 1 is 0.556 bits per heavy atom. The minimum absolute atomic E-state index is 0.000197. The van der Waals surface area contributed by atoms with Crippen LogP contribution < -0.4 is 11.3 Å². The summed E-state index contributed by atoms with van der Waals surface area (Å²) in [6.07, 6.45) is 5.50. The molecule has 0 aliphatic heterocycles. The molecular formula is C27H20O9. The molecule has 5 N–H and O–H groups in total. The molecule has 0 radical (unpaired) electrons. The summed E-state index contributed by atoms with van der Waals surface area (Å²) in [6.45, 7) is 0. The lowest BCUT2D eigenvalue weighted by Gasteiger charge is -2.06. The maximum absolute atomic E-state index is 12.5. The number of aromatic hydroxyl groups is 5. The second-order valence-corrected chi connectivity index (χ2v) is 7.78. The number of hydrogen-bond acceptors (Lipinski definition) is 9. The van der Waals surface area contributed by atoms with Crippen LogP contribution in [-0.4, -0.2) is 25.5 Å². The van der Waals surface area contributed by atoms with Crippen LogP contribution in [0.4, 0.5) is 0 Å². The number of phenolic OH excluding ortho intramolecular Hbond substituents is 3. The van der Waals surface area contributed by atoms with Crippen LogP contribution >= 0.6 is 0 Å². The van der Waals surface area contributed by atoms with Gasteiger partial charge in [0.25, 0.3) is 0 Å². The largest absolute Gasteiger partial charge is 0.508 e. The lowest BCUT2D eigenvalue weighted by molar-refractivity contribution is 0.403. The van der Waals surface area contributed by atoms with E-state index < -0.39 is 29.2 Å². The van der Waals surface area contributed by atoms with Gasteiger partial charge in [0, 0.05) is 18.6 Å². The fourth-order valence-corrected chi connectivity index (χ4v) is 3.30. The molecule has 182 valence electrons. The van der Waals surface area contributed by atoms with Crippen LogP contribution in [0.25, 0.3) is 24.3 Å². The van der Waals surface area contributed by atoms with E-state index in [-0.39, 0.29) is 39.9 Å². The van der Waals surface area contributed by atoms with Crippen LogP contribution in [0.5, 0.6) is 28.7 Å². The van der Waals surface area contributed by atoms with E-state index in [1.165, 1.54) is 60.7 Å². The first-order valence-corrected chi connectivity index (χ1v) is 10.6. The molecule has 4 rings (SSSR count). The summed E-state index contributed by atoms with van der Waals surface area (Å²) in [5, 5.41) is 49.0. The molecule has 2 aromatic heterocycles. The fourth-order valence-electron chi connectivity index (χ4n) is 3.30. The van der Waals surface area contributed by atoms with Crippen molar-refractivity contribution < 1.29 is 34.4 Å². The van der Waals surface area contributed by atoms with Gasteiger partial charge in [0.05, 0.1) is 11.1 Å². The zero-order valence-electron chi connectivity index (χ0n) is 18.6. The van der Waals surface area contributed by atoms with E-state index in [0.717, 1.165) is 5.56 Å². The minimum Gasteiger partial charge on any atom is -0.508 e. The Labute approximate surface area is 203 Å². The first-order valence-electron chi connectivity index (χ1n) is 10.6. The van der Waals surface area contributed by atoms with Crippen LogP contribution in [0.1, 0.15) is 33.8 Å². The van der Waals surface area contributed by atoms with Crippen molar-refractivity contribution in [3.05, 3.63) is 109 Å². The van der Waals surface area contributed by atoms with Crippen molar-refractivity contribution in [1.29, 1.82) is 0 Å². The third kappa shape index (κ3) is 5.48. The van der Waals surface area contributed by atoms with Gasteiger partial charge in [0.1, 0.15) is 28.8 Å². The Morgan fingerprint density at radius 2 is 1.06 bits per heavy atom. The van der Waals surface area contributed by atoms with Crippen LogP contribution in [0, 0.1) is 0 Å². The summed E-state index contributed by atoms with van der Waals surface area (Å²) in [5.74, 6) is -1.31. The van der Waals surface area contributed by atoms with E-state index in [0.29, 0.717) is 5.56 Å². The molecule has 2 aromatic carbocycles. The standard InChI is InChI=1S/C27H20O9/c28-17-6-1-15(2-7-17)3-8-18-12-23(30)20(26(33)35-18)14-21-24(31)13-19(36-27(21)34)9-4-16-5-10-22(29)25(32)11-16/h1-13,28-32H,14H2/b8-3+,9-4+. The van der Waals surface area contributed by atoms with E-state index in [4.69, 9.17) is 8.83 Å². The first kappa shape index (κ1) is 24.0. The molecule has 4 aromatic rings. The van der Waals surface area contributed by atoms with Crippen molar-refractivity contribution in [3.63, 3.8) is 0 Å². The fraction of sp³-hybridized carbons (Fsp3) is 0.0370. The first-order chi connectivity index (χ1) is 17.2. The zero-order valence-corrected chi connectivity index (χ0v) is 18.6. The minimum atomic E-state index is -0.918. The highest BCUT2D eigenvalue weighted by Gasteiger charge is 2.17. The lowest BCUT2D eigenvalue weighted by Crippen LogP contribution is -2.14. The summed E-state index contributed by atoms with van der Waals surface area (Å²) in [5.41, 5.74) is -1.07. The molecule has 0 atom stereocenters. The molecule has 0 bridgehead atoms. The quantitative estimate of drug-likeness (QED) is 0.252. The van der Waals surface area contributed by atoms with E-state index in [9.17, 15) is 35.1 Å². The maximum Gasteiger partial charge on any atom is 0.343 e. The van der Waals surface area contributed by atoms with Crippen molar-refractivity contribution in [2.75, 3.05) is 0 Å². The summed E-state index contributed by atoms with van der Waals surface area (Å²) in [4.78, 5) is 24.9. The second kappa shape index (κ2) is 9.98. The van der Waals surface area contributed by atoms with Crippen molar-refractivity contribution in [2.45, 2.75) is 6.42 Å². The average molecular weight is 488 g/mol. The molecule has 0 saturated heterocycles. The summed E-state index contributed by atoms with van der Waals surface area (Å²) < 4.78 is 10.4. The molecule has 0 fully saturated rings. The van der Waals surface area contributed by atoms with Gasteiger partial charge >= 0.3 is 11.3 Å². The molecule has 36 heavy (non-hydrogen) atoms. The zero-order chi connectivity index (χ0) is 25.8. The molecule has 9 heteroatoms. The molecule has 0 aliphatic carbocycles. The summed E-state index contributed by atoms with van der Waals surface area (Å²) >= 11 is 0. The molecular weight excluding hydrogens is 468 g/mol. The third-order valence-electron chi connectivity index (χ3n) is 5.22. The second-order valence-electron chi connectivity index (χ2n) is 7.78. The van der Waals surface area contributed by atoms with Crippen molar-refractivity contribution in [2.24, 2.45) is 0 Å². The van der Waals surface area contributed by atoms with Crippen molar-refractivity contribution >= 4 is 24.3 Å². The smallest absolute Gasteiger partial charge is 0.343 e. The predicted molar refractivity (Wildman–Crippen MR) is 132 cm³/mol. The third-order valence-corrected chi connectivity index (χ3v) is 5.22. The lowest BCUT2D eigenvalue weighted by atomic mass is 10.1. The van der Waals surface area contributed by atoms with Gasteiger partial charge in [0.15, 0.2) is 11.5 Å². The van der Waals surface area contributed by atoms with Gasteiger partial charge in [-0.15, -0.1) is 0 Å². The van der Waals surface area contributed by atoms with Crippen molar-refractivity contribution in [1.82, 2.24) is 0 Å². The molecule has 0 spiro atoms. The van der Waals surface area contributed by atoms with Crippen LogP contribution in [0.2, 0.25) is 0 Å². The monoisotopic (exact) mass is 488 g/mol. The molecule has 0 aliphatic rings. The van der Waals surface area contributed by atoms with Crippen LogP contribution in [0.3, 0.4) is 0 Å². The molecule has 2 heterocycles. The molecule has 0 amide bonds. The Hall–Kier alpha value is -5.18. The van der Waals surface area contributed by atoms with Gasteiger partial charge < -0.3 is 34.4 Å². The average Bonchev–Trinajstić information content (AvgIpc) is 2.83. The highest BCUT2D eigenvalue weighted by molar-refractivity contribution is 5.70. The van der Waals surface area contributed by atoms with E-state index in [1.54, 1.807) is 18.2 Å². The number of phenols is 3. The number of benzene rings is 2. The normalized spacial score (nSPS) is 11.4. The summed E-state index contributed by atoms with van der Waals surface area (Å²) in [7, 11) is 0. The summed E-state index contributed by atoms with van der Waals surface area (Å²) in [6, 6.07) is 12.8. The van der Waals surface area contributed by atoms with Gasteiger partial charge in [-0.25, -0.2) is 9.59 Å². The van der Waals surface area contributed by atoms with Gasteiger partial charge in [0.2, 0.25) is 0 Å². The van der Waals surface area contributed by atoms with E-state index in [2.05, 4.69) is 0 Å². The number of hydrogen-bond donors (Lipinski definition) is 5. The van der Waals surface area contributed by atoms with Gasteiger partial charge in [-0.1, -0.05) is 30.4 Å². The Morgan fingerprint density at radius 3 is 1.56 bits per heavy atom. The van der Waals surface area contributed by atoms with Gasteiger partial charge in [-0.3, -0.25) is 0 Å². The number of rotatable bonds is 6. The molecule has 9 nitrogen and oxygen atoms in total. The Kier molecular flexibility index (Phi) is 6.64. The Bertz CT molecular complexity index is 1590. The van der Waals surface area contributed by atoms with E-state index in [1.807, 2.05) is 0 Å².